The summed E-state index contributed by atoms with van der Waals surface area (Å²) >= 11 is 5.62. The molecule has 21 heavy (non-hydrogen) atoms. The zero-order valence-electron chi connectivity index (χ0n) is 10.5. The van der Waals surface area contributed by atoms with Crippen LogP contribution in [0, 0.1) is 5.41 Å². The SMILES string of the molecule is O=C(c1cccc(Cl)n1)N1CCC(C(=O)O)(C(F)(F)F)C1. The van der Waals surface area contributed by atoms with Crippen molar-refractivity contribution < 1.29 is 27.9 Å². The second-order valence-electron chi connectivity index (χ2n) is 4.71. The number of nitrogens with zero attached hydrogens (tertiary/aromatic N) is 2. The van der Waals surface area contributed by atoms with Crippen LogP contribution in [-0.2, 0) is 4.79 Å². The number of carbonyl (C=O) groups is 2. The number of halogens is 4. The number of pyridine rings is 1. The van der Waals surface area contributed by atoms with Crippen molar-refractivity contribution in [1.82, 2.24) is 9.88 Å². The highest BCUT2D eigenvalue weighted by Crippen LogP contribution is 2.45. The van der Waals surface area contributed by atoms with Crippen molar-refractivity contribution in [3.05, 3.63) is 29.0 Å². The van der Waals surface area contributed by atoms with Gasteiger partial charge in [0.2, 0.25) is 0 Å². The lowest BCUT2D eigenvalue weighted by atomic mass is 9.86. The number of likely N-dealkylation sites (tertiary alicyclic amines) is 1. The van der Waals surface area contributed by atoms with Gasteiger partial charge in [0.15, 0.2) is 5.41 Å². The maximum Gasteiger partial charge on any atom is 0.406 e. The van der Waals surface area contributed by atoms with Crippen LogP contribution in [0.1, 0.15) is 16.9 Å². The lowest BCUT2D eigenvalue weighted by molar-refractivity contribution is -0.227. The van der Waals surface area contributed by atoms with Gasteiger partial charge in [0.05, 0.1) is 0 Å². The molecule has 9 heteroatoms. The lowest BCUT2D eigenvalue weighted by Gasteiger charge is -2.27. The Morgan fingerprint density at radius 2 is 2.05 bits per heavy atom. The lowest BCUT2D eigenvalue weighted by Crippen LogP contribution is -2.47. The van der Waals surface area contributed by atoms with Gasteiger partial charge in [-0.1, -0.05) is 17.7 Å². The Balaban J connectivity index is 2.26. The number of carboxylic acid groups (broad SMARTS) is 1. The maximum atomic E-state index is 13.0. The molecule has 1 atom stereocenters. The van der Waals surface area contributed by atoms with Crippen molar-refractivity contribution in [1.29, 1.82) is 0 Å². The van der Waals surface area contributed by atoms with Crippen molar-refractivity contribution in [2.45, 2.75) is 12.6 Å². The highest BCUT2D eigenvalue weighted by molar-refractivity contribution is 6.29. The molecule has 1 aliphatic rings. The third kappa shape index (κ3) is 2.67. The Bertz CT molecular complexity index is 593. The van der Waals surface area contributed by atoms with Crippen LogP contribution < -0.4 is 0 Å². The minimum absolute atomic E-state index is 0.0281. The molecule has 2 heterocycles. The summed E-state index contributed by atoms with van der Waals surface area (Å²) in [6.07, 6.45) is -5.62. The molecule has 5 nitrogen and oxygen atoms in total. The standard InChI is InChI=1S/C12H10ClF3N2O3/c13-8-3-1-2-7(17-8)9(19)18-5-4-11(6-18,10(20)21)12(14,15)16/h1-3H,4-6H2,(H,20,21). The molecule has 1 aliphatic heterocycles. The molecular weight excluding hydrogens is 313 g/mol. The van der Waals surface area contributed by atoms with Crippen molar-refractivity contribution in [2.75, 3.05) is 13.1 Å². The number of hydrogen-bond donors (Lipinski definition) is 1. The van der Waals surface area contributed by atoms with Crippen LogP contribution in [0.5, 0.6) is 0 Å². The number of aromatic nitrogens is 1. The minimum Gasteiger partial charge on any atom is -0.481 e. The van der Waals surface area contributed by atoms with Crippen LogP contribution in [0.15, 0.2) is 18.2 Å². The molecule has 0 bridgehead atoms. The second kappa shape index (κ2) is 5.18. The third-order valence-electron chi connectivity index (χ3n) is 3.44. The molecule has 1 amide bonds. The van der Waals surface area contributed by atoms with Gasteiger partial charge in [-0.25, -0.2) is 4.98 Å². The summed E-state index contributed by atoms with van der Waals surface area (Å²) in [5, 5.41) is 8.95. The van der Waals surface area contributed by atoms with Crippen LogP contribution >= 0.6 is 11.6 Å². The topological polar surface area (TPSA) is 70.5 Å². The van der Waals surface area contributed by atoms with Gasteiger partial charge in [0, 0.05) is 13.1 Å². The summed E-state index contributed by atoms with van der Waals surface area (Å²) in [6, 6.07) is 4.16. The largest absolute Gasteiger partial charge is 0.481 e. The highest BCUT2D eigenvalue weighted by atomic mass is 35.5. The number of aliphatic carboxylic acids is 1. The molecule has 1 aromatic heterocycles. The number of amides is 1. The smallest absolute Gasteiger partial charge is 0.406 e. The van der Waals surface area contributed by atoms with Gasteiger partial charge in [-0.3, -0.25) is 9.59 Å². The molecule has 1 fully saturated rings. The molecular formula is C12H10ClF3N2O3. The van der Waals surface area contributed by atoms with E-state index in [1.165, 1.54) is 18.2 Å². The number of carboxylic acids is 1. The van der Waals surface area contributed by atoms with E-state index in [0.717, 1.165) is 4.90 Å². The van der Waals surface area contributed by atoms with E-state index >= 15 is 0 Å². The van der Waals surface area contributed by atoms with E-state index in [1.54, 1.807) is 0 Å². The molecule has 0 radical (unpaired) electrons. The van der Waals surface area contributed by atoms with Crippen molar-refractivity contribution >= 4 is 23.5 Å². The number of carbonyl (C=O) groups excluding carboxylic acids is 1. The van der Waals surface area contributed by atoms with E-state index in [4.69, 9.17) is 16.7 Å². The van der Waals surface area contributed by atoms with Crippen LogP contribution in [0.4, 0.5) is 13.2 Å². The van der Waals surface area contributed by atoms with E-state index < -0.39 is 36.4 Å². The van der Waals surface area contributed by atoms with E-state index in [2.05, 4.69) is 4.98 Å². The highest BCUT2D eigenvalue weighted by Gasteiger charge is 2.64. The molecule has 114 valence electrons. The number of rotatable bonds is 2. The predicted octanol–water partition coefficient (Wildman–Crippen LogP) is 2.21. The van der Waals surface area contributed by atoms with Crippen LogP contribution in [0.3, 0.4) is 0 Å². The first-order valence-electron chi connectivity index (χ1n) is 5.89. The predicted molar refractivity (Wildman–Crippen MR) is 65.9 cm³/mol. The van der Waals surface area contributed by atoms with Gasteiger partial charge in [-0.2, -0.15) is 13.2 Å². The summed E-state index contributed by atoms with van der Waals surface area (Å²) in [7, 11) is 0. The summed E-state index contributed by atoms with van der Waals surface area (Å²) in [4.78, 5) is 27.7. The summed E-state index contributed by atoms with van der Waals surface area (Å²) < 4.78 is 39.0. The molecule has 0 aromatic carbocycles. The Morgan fingerprint density at radius 1 is 1.38 bits per heavy atom. The minimum atomic E-state index is -4.93. The van der Waals surface area contributed by atoms with Crippen molar-refractivity contribution in [2.24, 2.45) is 5.41 Å². The first-order valence-corrected chi connectivity index (χ1v) is 6.27. The van der Waals surface area contributed by atoms with Crippen LogP contribution in [-0.4, -0.2) is 46.1 Å². The molecule has 1 saturated heterocycles. The van der Waals surface area contributed by atoms with Gasteiger partial charge in [0.1, 0.15) is 10.8 Å². The van der Waals surface area contributed by atoms with Gasteiger partial charge in [0.25, 0.3) is 5.91 Å². The zero-order chi connectivity index (χ0) is 15.8. The van der Waals surface area contributed by atoms with Crippen molar-refractivity contribution in [3.63, 3.8) is 0 Å². The van der Waals surface area contributed by atoms with Gasteiger partial charge in [-0.15, -0.1) is 0 Å². The first-order chi connectivity index (χ1) is 9.67. The van der Waals surface area contributed by atoms with Crippen LogP contribution in [0.25, 0.3) is 0 Å². The first kappa shape index (κ1) is 15.6. The maximum absolute atomic E-state index is 13.0. The quantitative estimate of drug-likeness (QED) is 0.848. The Morgan fingerprint density at radius 3 is 2.52 bits per heavy atom. The number of alkyl halides is 3. The molecule has 0 spiro atoms. The Labute approximate surface area is 122 Å². The fourth-order valence-corrected chi connectivity index (χ4v) is 2.36. The monoisotopic (exact) mass is 322 g/mol. The van der Waals surface area contributed by atoms with Crippen molar-refractivity contribution in [3.8, 4) is 0 Å². The Kier molecular flexibility index (Phi) is 3.83. The van der Waals surface area contributed by atoms with Gasteiger partial charge in [-0.05, 0) is 18.6 Å². The average molecular weight is 323 g/mol. The zero-order valence-corrected chi connectivity index (χ0v) is 11.3. The van der Waals surface area contributed by atoms with Gasteiger partial charge >= 0.3 is 12.1 Å². The summed E-state index contributed by atoms with van der Waals surface area (Å²) in [6.45, 7) is -1.24. The fourth-order valence-electron chi connectivity index (χ4n) is 2.20. The molecule has 1 unspecified atom stereocenters. The molecule has 0 saturated carbocycles. The van der Waals surface area contributed by atoms with E-state index in [1.807, 2.05) is 0 Å². The normalized spacial score (nSPS) is 22.4. The number of hydrogen-bond acceptors (Lipinski definition) is 3. The molecule has 0 aliphatic carbocycles. The fraction of sp³-hybridized carbons (Fsp3) is 0.417. The Hall–Kier alpha value is -1.83. The average Bonchev–Trinajstić information content (AvgIpc) is 2.83. The molecule has 1 aromatic rings. The second-order valence-corrected chi connectivity index (χ2v) is 5.09. The van der Waals surface area contributed by atoms with E-state index in [9.17, 15) is 22.8 Å². The molecule has 2 rings (SSSR count). The molecule has 1 N–H and O–H groups in total. The van der Waals surface area contributed by atoms with E-state index in [-0.39, 0.29) is 17.4 Å². The van der Waals surface area contributed by atoms with Crippen LogP contribution in [0.2, 0.25) is 5.15 Å². The third-order valence-corrected chi connectivity index (χ3v) is 3.65. The summed E-state index contributed by atoms with van der Waals surface area (Å²) in [5.41, 5.74) is -3.05. The van der Waals surface area contributed by atoms with Gasteiger partial charge < -0.3 is 10.0 Å². The summed E-state index contributed by atoms with van der Waals surface area (Å²) in [5.74, 6) is -2.76. The van der Waals surface area contributed by atoms with E-state index in [0.29, 0.717) is 0 Å².